The van der Waals surface area contributed by atoms with E-state index in [4.69, 9.17) is 16.6 Å². The topological polar surface area (TPSA) is 42.2 Å². The van der Waals surface area contributed by atoms with E-state index in [9.17, 15) is 0 Å². The van der Waals surface area contributed by atoms with Crippen molar-refractivity contribution in [2.75, 3.05) is 5.32 Å². The van der Waals surface area contributed by atoms with Crippen LogP contribution < -0.4 is 5.32 Å². The van der Waals surface area contributed by atoms with E-state index in [2.05, 4.69) is 14.7 Å². The smallest absolute Gasteiger partial charge is 0.157 e. The van der Waals surface area contributed by atoms with Crippen LogP contribution in [-0.4, -0.2) is 14.4 Å². The quantitative estimate of drug-likeness (QED) is 0.571. The molecule has 114 valence electrons. The van der Waals surface area contributed by atoms with E-state index >= 15 is 0 Å². The molecule has 0 amide bonds. The number of aromatic nitrogens is 3. The van der Waals surface area contributed by atoms with Crippen molar-refractivity contribution in [2.24, 2.45) is 0 Å². The summed E-state index contributed by atoms with van der Waals surface area (Å²) < 4.78 is 2.06. The SMILES string of the molecule is Cc1cccc(Cl)c1Nc1nc2ccccc2n2cnc(C)c12. The molecular weight excluding hydrogens is 308 g/mol. The number of anilines is 2. The van der Waals surface area contributed by atoms with Crippen LogP contribution in [0, 0.1) is 13.8 Å². The highest BCUT2D eigenvalue weighted by molar-refractivity contribution is 6.33. The third-order valence-electron chi connectivity index (χ3n) is 4.01. The van der Waals surface area contributed by atoms with Crippen LogP contribution in [0.1, 0.15) is 11.3 Å². The van der Waals surface area contributed by atoms with E-state index in [1.165, 1.54) is 0 Å². The third kappa shape index (κ3) is 2.23. The zero-order chi connectivity index (χ0) is 16.0. The van der Waals surface area contributed by atoms with Crippen molar-refractivity contribution < 1.29 is 0 Å². The maximum absolute atomic E-state index is 6.35. The Morgan fingerprint density at radius 3 is 2.70 bits per heavy atom. The highest BCUT2D eigenvalue weighted by Gasteiger charge is 2.13. The summed E-state index contributed by atoms with van der Waals surface area (Å²) in [5, 5.41) is 4.07. The van der Waals surface area contributed by atoms with Gasteiger partial charge in [-0.15, -0.1) is 0 Å². The molecule has 0 aliphatic heterocycles. The van der Waals surface area contributed by atoms with Gasteiger partial charge in [0, 0.05) is 0 Å². The first-order valence-electron chi connectivity index (χ1n) is 7.39. The van der Waals surface area contributed by atoms with Gasteiger partial charge in [-0.2, -0.15) is 0 Å². The molecule has 0 bridgehead atoms. The number of benzene rings is 2. The van der Waals surface area contributed by atoms with E-state index in [-0.39, 0.29) is 0 Å². The number of nitrogens with one attached hydrogen (secondary N) is 1. The zero-order valence-electron chi connectivity index (χ0n) is 12.8. The average Bonchev–Trinajstić information content (AvgIpc) is 2.94. The van der Waals surface area contributed by atoms with Gasteiger partial charge in [-0.1, -0.05) is 35.9 Å². The van der Waals surface area contributed by atoms with Gasteiger partial charge in [0.2, 0.25) is 0 Å². The van der Waals surface area contributed by atoms with E-state index < -0.39 is 0 Å². The Bertz CT molecular complexity index is 1020. The van der Waals surface area contributed by atoms with Crippen molar-refractivity contribution in [1.82, 2.24) is 14.4 Å². The number of fused-ring (bicyclic) bond motifs is 3. The fraction of sp³-hybridized carbons (Fsp3) is 0.111. The Morgan fingerprint density at radius 2 is 1.87 bits per heavy atom. The van der Waals surface area contributed by atoms with Crippen LogP contribution >= 0.6 is 11.6 Å². The maximum atomic E-state index is 6.35. The lowest BCUT2D eigenvalue weighted by Crippen LogP contribution is -2.01. The van der Waals surface area contributed by atoms with Gasteiger partial charge >= 0.3 is 0 Å². The van der Waals surface area contributed by atoms with Gasteiger partial charge in [0.1, 0.15) is 11.8 Å². The molecule has 2 aromatic carbocycles. The van der Waals surface area contributed by atoms with Gasteiger partial charge in [0.25, 0.3) is 0 Å². The molecule has 4 nitrogen and oxygen atoms in total. The first kappa shape index (κ1) is 14.0. The number of halogens is 1. The molecule has 0 unspecified atom stereocenters. The van der Waals surface area contributed by atoms with Crippen molar-refractivity contribution in [3.8, 4) is 0 Å². The molecular formula is C18H15ClN4. The van der Waals surface area contributed by atoms with Gasteiger partial charge in [-0.3, -0.25) is 4.40 Å². The summed E-state index contributed by atoms with van der Waals surface area (Å²) in [7, 11) is 0. The molecule has 1 N–H and O–H groups in total. The molecule has 0 spiro atoms. The second-order valence-corrected chi connectivity index (χ2v) is 5.96. The largest absolute Gasteiger partial charge is 0.337 e. The van der Waals surface area contributed by atoms with Crippen LogP contribution in [0.3, 0.4) is 0 Å². The number of aryl methyl sites for hydroxylation is 2. The van der Waals surface area contributed by atoms with Crippen molar-refractivity contribution in [1.29, 1.82) is 0 Å². The Morgan fingerprint density at radius 1 is 1.04 bits per heavy atom. The number of imidazole rings is 1. The molecule has 5 heteroatoms. The second kappa shape index (κ2) is 5.25. The minimum absolute atomic E-state index is 0.676. The monoisotopic (exact) mass is 322 g/mol. The lowest BCUT2D eigenvalue weighted by atomic mass is 10.2. The molecule has 0 aliphatic carbocycles. The lowest BCUT2D eigenvalue weighted by Gasteiger charge is -2.13. The molecule has 0 saturated carbocycles. The van der Waals surface area contributed by atoms with Crippen LogP contribution in [0.5, 0.6) is 0 Å². The Balaban J connectivity index is 2.00. The van der Waals surface area contributed by atoms with Crippen molar-refractivity contribution in [3.05, 3.63) is 65.1 Å². The van der Waals surface area contributed by atoms with Crippen molar-refractivity contribution in [2.45, 2.75) is 13.8 Å². The molecule has 4 aromatic rings. The Kier molecular flexibility index (Phi) is 3.20. The van der Waals surface area contributed by atoms with Crippen molar-refractivity contribution in [3.63, 3.8) is 0 Å². The van der Waals surface area contributed by atoms with Crippen LogP contribution in [0.4, 0.5) is 11.5 Å². The van der Waals surface area contributed by atoms with Gasteiger partial charge in [0.05, 0.1) is 27.4 Å². The minimum Gasteiger partial charge on any atom is -0.337 e. The summed E-state index contributed by atoms with van der Waals surface area (Å²) in [6, 6.07) is 13.9. The number of rotatable bonds is 2. The summed E-state index contributed by atoms with van der Waals surface area (Å²) in [6.07, 6.45) is 1.83. The van der Waals surface area contributed by atoms with Gasteiger partial charge in [-0.25, -0.2) is 9.97 Å². The number of hydrogen-bond acceptors (Lipinski definition) is 3. The third-order valence-corrected chi connectivity index (χ3v) is 4.33. The van der Waals surface area contributed by atoms with Crippen LogP contribution in [-0.2, 0) is 0 Å². The Hall–Kier alpha value is -2.59. The van der Waals surface area contributed by atoms with Gasteiger partial charge < -0.3 is 5.32 Å². The predicted molar refractivity (Wildman–Crippen MR) is 94.7 cm³/mol. The van der Waals surface area contributed by atoms with Crippen LogP contribution in [0.25, 0.3) is 16.6 Å². The first-order valence-corrected chi connectivity index (χ1v) is 7.77. The highest BCUT2D eigenvalue weighted by Crippen LogP contribution is 2.31. The van der Waals surface area contributed by atoms with Crippen LogP contribution in [0.15, 0.2) is 48.8 Å². The van der Waals surface area contributed by atoms with E-state index in [0.717, 1.165) is 39.3 Å². The standard InChI is InChI=1S/C18H15ClN4/c1-11-6-5-7-13(19)16(11)22-18-17-12(2)20-10-23(17)15-9-4-3-8-14(15)21-18/h3-10H,1-2H3,(H,21,22). The summed E-state index contributed by atoms with van der Waals surface area (Å²) in [4.78, 5) is 9.23. The molecule has 4 rings (SSSR count). The van der Waals surface area contributed by atoms with E-state index in [1.54, 1.807) is 0 Å². The normalized spacial score (nSPS) is 11.3. The fourth-order valence-corrected chi connectivity index (χ4v) is 3.11. The average molecular weight is 323 g/mol. The van der Waals surface area contributed by atoms with Gasteiger partial charge in [0.15, 0.2) is 5.82 Å². The summed E-state index contributed by atoms with van der Waals surface area (Å²) in [5.74, 6) is 0.759. The lowest BCUT2D eigenvalue weighted by molar-refractivity contribution is 1.18. The second-order valence-electron chi connectivity index (χ2n) is 5.55. The predicted octanol–water partition coefficient (Wildman–Crippen LogP) is 4.90. The summed E-state index contributed by atoms with van der Waals surface area (Å²) in [6.45, 7) is 4.01. The molecule has 2 aromatic heterocycles. The zero-order valence-corrected chi connectivity index (χ0v) is 13.6. The molecule has 0 saturated heterocycles. The van der Waals surface area contributed by atoms with Crippen LogP contribution in [0.2, 0.25) is 5.02 Å². The fourth-order valence-electron chi connectivity index (χ4n) is 2.84. The molecule has 0 fully saturated rings. The molecule has 2 heterocycles. The summed E-state index contributed by atoms with van der Waals surface area (Å²) in [5.41, 5.74) is 5.77. The molecule has 0 radical (unpaired) electrons. The summed E-state index contributed by atoms with van der Waals surface area (Å²) >= 11 is 6.35. The van der Waals surface area contributed by atoms with Gasteiger partial charge in [-0.05, 0) is 37.6 Å². The minimum atomic E-state index is 0.676. The molecule has 0 aliphatic rings. The number of para-hydroxylation sites is 3. The number of nitrogens with zero attached hydrogens (tertiary/aromatic N) is 3. The molecule has 23 heavy (non-hydrogen) atoms. The van der Waals surface area contributed by atoms with E-state index in [1.807, 2.05) is 62.6 Å². The number of hydrogen-bond donors (Lipinski definition) is 1. The van der Waals surface area contributed by atoms with Crippen molar-refractivity contribution >= 4 is 39.7 Å². The van der Waals surface area contributed by atoms with E-state index in [0.29, 0.717) is 5.02 Å². The first-order chi connectivity index (χ1) is 11.1. The Labute approximate surface area is 138 Å². The maximum Gasteiger partial charge on any atom is 0.157 e. The molecule has 0 atom stereocenters. The highest BCUT2D eigenvalue weighted by atomic mass is 35.5.